The van der Waals surface area contributed by atoms with Gasteiger partial charge < -0.3 is 15.2 Å². The van der Waals surface area contributed by atoms with Crippen molar-refractivity contribution in [2.75, 3.05) is 13.6 Å². The molecule has 0 radical (unpaired) electrons. The highest BCUT2D eigenvalue weighted by Crippen LogP contribution is 2.10. The molecule has 0 amide bonds. The van der Waals surface area contributed by atoms with E-state index in [2.05, 4.69) is 25.8 Å². The van der Waals surface area contributed by atoms with Crippen molar-refractivity contribution >= 4 is 29.9 Å². The van der Waals surface area contributed by atoms with E-state index in [1.54, 1.807) is 20.0 Å². The summed E-state index contributed by atoms with van der Waals surface area (Å²) >= 11 is 0. The van der Waals surface area contributed by atoms with Crippen LogP contribution in [0.5, 0.6) is 0 Å². The molecule has 0 spiro atoms. The average molecular weight is 475 g/mol. The number of hydrogen-bond donors (Lipinski definition) is 2. The fraction of sp³-hybridized carbons (Fsp3) is 0.500. The van der Waals surface area contributed by atoms with E-state index < -0.39 is 0 Å². The minimum Gasteiger partial charge on any atom is -0.356 e. The predicted molar refractivity (Wildman–Crippen MR) is 111 cm³/mol. The van der Waals surface area contributed by atoms with Crippen molar-refractivity contribution in [1.82, 2.24) is 20.8 Å². The lowest BCUT2D eigenvalue weighted by Crippen LogP contribution is -2.37. The van der Waals surface area contributed by atoms with Crippen molar-refractivity contribution in [2.24, 2.45) is 4.99 Å². The Morgan fingerprint density at radius 2 is 2.08 bits per heavy atom. The zero-order valence-electron chi connectivity index (χ0n) is 15.7. The quantitative estimate of drug-likeness (QED) is 0.277. The highest BCUT2D eigenvalue weighted by Gasteiger charge is 2.09. The normalized spacial score (nSPS) is 11.4. The third-order valence-electron chi connectivity index (χ3n) is 3.78. The molecule has 0 saturated heterocycles. The van der Waals surface area contributed by atoms with Gasteiger partial charge in [0.1, 0.15) is 5.82 Å². The molecule has 0 aliphatic carbocycles. The van der Waals surface area contributed by atoms with Gasteiger partial charge in [0, 0.05) is 32.5 Å². The summed E-state index contributed by atoms with van der Waals surface area (Å²) in [7, 11) is 1.71. The molecular weight excluding hydrogens is 448 g/mol. The van der Waals surface area contributed by atoms with Gasteiger partial charge in [0.15, 0.2) is 11.8 Å². The molecule has 0 aliphatic heterocycles. The molecule has 0 atom stereocenters. The van der Waals surface area contributed by atoms with Crippen LogP contribution in [-0.4, -0.2) is 29.7 Å². The van der Waals surface area contributed by atoms with Gasteiger partial charge in [0.05, 0.1) is 0 Å². The first kappa shape index (κ1) is 22.3. The molecule has 8 heteroatoms. The lowest BCUT2D eigenvalue weighted by molar-refractivity contribution is 0.368. The first-order chi connectivity index (χ1) is 12.0. The topological polar surface area (TPSA) is 75.3 Å². The number of aryl methyl sites for hydroxylation is 2. The standard InChI is InChI=1S/C18H26FN5O.HI/c1-12(2)17-23-16(25-24-17)6-5-9-21-18(20-4)22-11-14-8-7-13(3)15(19)10-14;/h7-8,10,12H,5-6,9,11H2,1-4H3,(H2,20,21,22);1H. The van der Waals surface area contributed by atoms with E-state index >= 15 is 0 Å². The van der Waals surface area contributed by atoms with Crippen LogP contribution in [0.3, 0.4) is 0 Å². The fourth-order valence-corrected chi connectivity index (χ4v) is 2.20. The number of guanidine groups is 1. The molecule has 0 bridgehead atoms. The minimum atomic E-state index is -0.192. The summed E-state index contributed by atoms with van der Waals surface area (Å²) in [5, 5.41) is 10.3. The van der Waals surface area contributed by atoms with Gasteiger partial charge in [-0.1, -0.05) is 31.1 Å². The largest absolute Gasteiger partial charge is 0.356 e. The maximum absolute atomic E-state index is 13.6. The monoisotopic (exact) mass is 475 g/mol. The van der Waals surface area contributed by atoms with Crippen LogP contribution in [0.15, 0.2) is 27.7 Å². The lowest BCUT2D eigenvalue weighted by Gasteiger charge is -2.12. The van der Waals surface area contributed by atoms with Crippen LogP contribution in [0.25, 0.3) is 0 Å². The van der Waals surface area contributed by atoms with E-state index in [-0.39, 0.29) is 35.7 Å². The summed E-state index contributed by atoms with van der Waals surface area (Å²) < 4.78 is 18.8. The molecule has 0 saturated carbocycles. The third-order valence-corrected chi connectivity index (χ3v) is 3.78. The molecule has 144 valence electrons. The molecule has 1 aromatic carbocycles. The van der Waals surface area contributed by atoms with Crippen molar-refractivity contribution in [3.63, 3.8) is 0 Å². The van der Waals surface area contributed by atoms with E-state index in [1.807, 2.05) is 19.9 Å². The first-order valence-electron chi connectivity index (χ1n) is 8.51. The molecule has 0 unspecified atom stereocenters. The first-order valence-corrected chi connectivity index (χ1v) is 8.51. The van der Waals surface area contributed by atoms with Gasteiger partial charge in [-0.15, -0.1) is 24.0 Å². The van der Waals surface area contributed by atoms with Crippen LogP contribution >= 0.6 is 24.0 Å². The molecule has 6 nitrogen and oxygen atoms in total. The number of rotatable bonds is 7. The van der Waals surface area contributed by atoms with Gasteiger partial charge >= 0.3 is 0 Å². The second kappa shape index (κ2) is 11.1. The van der Waals surface area contributed by atoms with Crippen molar-refractivity contribution in [2.45, 2.75) is 46.1 Å². The van der Waals surface area contributed by atoms with E-state index in [0.29, 0.717) is 30.4 Å². The van der Waals surface area contributed by atoms with Crippen molar-refractivity contribution in [1.29, 1.82) is 0 Å². The summed E-state index contributed by atoms with van der Waals surface area (Å²) in [4.78, 5) is 8.52. The Balaban J connectivity index is 0.00000338. The molecule has 2 rings (SSSR count). The van der Waals surface area contributed by atoms with E-state index in [4.69, 9.17) is 4.52 Å². The van der Waals surface area contributed by atoms with Crippen molar-refractivity contribution in [3.05, 3.63) is 46.9 Å². The summed E-state index contributed by atoms with van der Waals surface area (Å²) in [6, 6.07) is 5.22. The minimum absolute atomic E-state index is 0. The zero-order valence-corrected chi connectivity index (χ0v) is 18.0. The number of nitrogens with zero attached hydrogens (tertiary/aromatic N) is 3. The van der Waals surface area contributed by atoms with Crippen LogP contribution in [0.2, 0.25) is 0 Å². The average Bonchev–Trinajstić information content (AvgIpc) is 3.06. The molecule has 2 N–H and O–H groups in total. The summed E-state index contributed by atoms with van der Waals surface area (Å²) in [5.41, 5.74) is 1.52. The van der Waals surface area contributed by atoms with Gasteiger partial charge in [-0.25, -0.2) is 4.39 Å². The maximum atomic E-state index is 13.6. The highest BCUT2D eigenvalue weighted by molar-refractivity contribution is 14.0. The Hall–Kier alpha value is -1.71. The number of nitrogens with one attached hydrogen (secondary N) is 2. The molecule has 1 aromatic heterocycles. The summed E-state index contributed by atoms with van der Waals surface area (Å²) in [6.07, 6.45) is 1.56. The van der Waals surface area contributed by atoms with Crippen LogP contribution in [0.4, 0.5) is 4.39 Å². The fourth-order valence-electron chi connectivity index (χ4n) is 2.20. The Kier molecular flexibility index (Phi) is 9.53. The van der Waals surface area contributed by atoms with Gasteiger partial charge in [0.25, 0.3) is 0 Å². The predicted octanol–water partition coefficient (Wildman–Crippen LogP) is 3.56. The molecule has 26 heavy (non-hydrogen) atoms. The van der Waals surface area contributed by atoms with Gasteiger partial charge in [-0.05, 0) is 30.5 Å². The van der Waals surface area contributed by atoms with E-state index in [9.17, 15) is 4.39 Å². The zero-order chi connectivity index (χ0) is 18.2. The molecule has 2 aromatic rings. The van der Waals surface area contributed by atoms with Crippen molar-refractivity contribution in [3.8, 4) is 0 Å². The SMILES string of the molecule is CN=C(NCCCc1nc(C(C)C)no1)NCc1ccc(C)c(F)c1.I. The molecular formula is C18H27FIN5O. The number of halogens is 2. The number of aromatic nitrogens is 2. The Labute approximate surface area is 171 Å². The van der Waals surface area contributed by atoms with Gasteiger partial charge in [0.2, 0.25) is 5.89 Å². The number of hydrogen-bond acceptors (Lipinski definition) is 4. The number of benzene rings is 1. The summed E-state index contributed by atoms with van der Waals surface area (Å²) in [5.74, 6) is 2.15. The second-order valence-electron chi connectivity index (χ2n) is 6.24. The van der Waals surface area contributed by atoms with Crippen LogP contribution in [-0.2, 0) is 13.0 Å². The van der Waals surface area contributed by atoms with E-state index in [1.165, 1.54) is 6.07 Å². The highest BCUT2D eigenvalue weighted by atomic mass is 127. The molecule has 0 aliphatic rings. The Morgan fingerprint density at radius 1 is 1.31 bits per heavy atom. The van der Waals surface area contributed by atoms with Crippen LogP contribution in [0, 0.1) is 12.7 Å². The van der Waals surface area contributed by atoms with E-state index in [0.717, 1.165) is 24.4 Å². The Morgan fingerprint density at radius 3 is 2.69 bits per heavy atom. The van der Waals surface area contributed by atoms with Gasteiger partial charge in [-0.3, -0.25) is 4.99 Å². The molecule has 0 fully saturated rings. The third kappa shape index (κ3) is 6.89. The maximum Gasteiger partial charge on any atom is 0.226 e. The van der Waals surface area contributed by atoms with Crippen LogP contribution < -0.4 is 10.6 Å². The van der Waals surface area contributed by atoms with Crippen LogP contribution in [0.1, 0.15) is 49.0 Å². The Bertz CT molecular complexity index is 717. The number of aliphatic imine (C=N–C) groups is 1. The second-order valence-corrected chi connectivity index (χ2v) is 6.24. The summed E-state index contributed by atoms with van der Waals surface area (Å²) in [6.45, 7) is 7.05. The van der Waals surface area contributed by atoms with Crippen molar-refractivity contribution < 1.29 is 8.91 Å². The molecule has 1 heterocycles. The lowest BCUT2D eigenvalue weighted by atomic mass is 10.1. The smallest absolute Gasteiger partial charge is 0.226 e. The van der Waals surface area contributed by atoms with Gasteiger partial charge in [-0.2, -0.15) is 4.98 Å².